The van der Waals surface area contributed by atoms with Gasteiger partial charge in [0.2, 0.25) is 0 Å². The zero-order valence-electron chi connectivity index (χ0n) is 18.6. The van der Waals surface area contributed by atoms with E-state index in [2.05, 4.69) is 26.9 Å². The van der Waals surface area contributed by atoms with Crippen LogP contribution in [-0.2, 0) is 13.0 Å². The van der Waals surface area contributed by atoms with Gasteiger partial charge >= 0.3 is 0 Å². The normalized spacial score (nSPS) is 12.3. The summed E-state index contributed by atoms with van der Waals surface area (Å²) in [6, 6.07) is 18.3. The summed E-state index contributed by atoms with van der Waals surface area (Å²) in [5.41, 5.74) is 6.87. The number of thiophene rings is 1. The highest BCUT2D eigenvalue weighted by Gasteiger charge is 2.30. The Balaban J connectivity index is 1.76. The molecule has 0 amide bonds. The summed E-state index contributed by atoms with van der Waals surface area (Å²) < 4.78 is 13.3. The molecule has 0 saturated carbocycles. The van der Waals surface area contributed by atoms with Crippen LogP contribution in [0.3, 0.4) is 0 Å². The third-order valence-corrected chi connectivity index (χ3v) is 6.75. The molecule has 1 aliphatic heterocycles. The van der Waals surface area contributed by atoms with Gasteiger partial charge in [-0.1, -0.05) is 23.8 Å². The van der Waals surface area contributed by atoms with Gasteiger partial charge in [0.05, 0.1) is 36.2 Å². The number of nitriles is 1. The maximum Gasteiger partial charge on any atom is 0.161 e. The SMILES string of the molecule is COc1cc2c(cc1OC)-c1c(C#N)c(N=Nc3ccc(C)cc3)c(-c3cccs3)n1CC2. The number of aryl methyl sites for hydroxylation is 2. The summed E-state index contributed by atoms with van der Waals surface area (Å²) in [4.78, 5) is 1.06. The Bertz CT molecular complexity index is 1390. The molecule has 0 N–H and O–H groups in total. The number of azo groups is 1. The van der Waals surface area contributed by atoms with Crippen molar-refractivity contribution < 1.29 is 9.47 Å². The monoisotopic (exact) mass is 454 g/mol. The summed E-state index contributed by atoms with van der Waals surface area (Å²) in [6.07, 6.45) is 0.815. The van der Waals surface area contributed by atoms with E-state index in [0.29, 0.717) is 22.7 Å². The van der Waals surface area contributed by atoms with Crippen LogP contribution in [0.1, 0.15) is 16.7 Å². The van der Waals surface area contributed by atoms with E-state index in [9.17, 15) is 5.26 Å². The van der Waals surface area contributed by atoms with Gasteiger partial charge in [-0.05, 0) is 54.6 Å². The molecule has 0 spiro atoms. The lowest BCUT2D eigenvalue weighted by Gasteiger charge is -2.23. The molecule has 33 heavy (non-hydrogen) atoms. The van der Waals surface area contributed by atoms with Crippen molar-refractivity contribution in [2.45, 2.75) is 19.9 Å². The first-order valence-electron chi connectivity index (χ1n) is 10.6. The first kappa shape index (κ1) is 21.0. The van der Waals surface area contributed by atoms with Gasteiger partial charge in [0.25, 0.3) is 0 Å². The van der Waals surface area contributed by atoms with E-state index >= 15 is 0 Å². The van der Waals surface area contributed by atoms with E-state index in [4.69, 9.17) is 9.47 Å². The van der Waals surface area contributed by atoms with Gasteiger partial charge in [-0.2, -0.15) is 10.4 Å². The van der Waals surface area contributed by atoms with E-state index in [1.807, 2.05) is 54.8 Å². The number of hydrogen-bond donors (Lipinski definition) is 0. The van der Waals surface area contributed by atoms with Crippen molar-refractivity contribution in [1.82, 2.24) is 4.57 Å². The minimum Gasteiger partial charge on any atom is -0.493 e. The van der Waals surface area contributed by atoms with Crippen LogP contribution in [0.15, 0.2) is 64.1 Å². The second-order valence-electron chi connectivity index (χ2n) is 7.81. The first-order valence-corrected chi connectivity index (χ1v) is 11.5. The zero-order chi connectivity index (χ0) is 22.9. The Morgan fingerprint density at radius 1 is 1.00 bits per heavy atom. The molecular formula is C26H22N4O2S. The van der Waals surface area contributed by atoms with Crippen molar-refractivity contribution in [2.24, 2.45) is 10.2 Å². The fourth-order valence-corrected chi connectivity index (χ4v) is 5.05. The highest BCUT2D eigenvalue weighted by Crippen LogP contribution is 2.48. The van der Waals surface area contributed by atoms with Gasteiger partial charge in [0, 0.05) is 12.1 Å². The van der Waals surface area contributed by atoms with Gasteiger partial charge in [0.1, 0.15) is 17.3 Å². The smallest absolute Gasteiger partial charge is 0.161 e. The van der Waals surface area contributed by atoms with Crippen LogP contribution in [0, 0.1) is 18.3 Å². The Morgan fingerprint density at radius 2 is 1.76 bits per heavy atom. The number of rotatable bonds is 5. The standard InChI is InChI=1S/C26H22N4O2S/c1-16-6-8-18(9-7-16)28-29-24-20(15-27)25-19-14-22(32-3)21(31-2)13-17(19)10-11-30(25)26(24)23-5-4-12-33-23/h4-9,12-14H,10-11H2,1-3H3. The molecule has 0 atom stereocenters. The van der Waals surface area contributed by atoms with Crippen LogP contribution >= 0.6 is 11.3 Å². The topological polar surface area (TPSA) is 71.9 Å². The molecule has 0 saturated heterocycles. The molecule has 1 aliphatic rings. The van der Waals surface area contributed by atoms with Crippen LogP contribution in [0.4, 0.5) is 11.4 Å². The lowest BCUT2D eigenvalue weighted by molar-refractivity contribution is 0.354. The van der Waals surface area contributed by atoms with Crippen molar-refractivity contribution in [3.63, 3.8) is 0 Å². The maximum atomic E-state index is 10.3. The second kappa shape index (κ2) is 8.57. The third kappa shape index (κ3) is 3.59. The lowest BCUT2D eigenvalue weighted by atomic mass is 9.95. The summed E-state index contributed by atoms with van der Waals surface area (Å²) in [5.74, 6) is 1.32. The lowest BCUT2D eigenvalue weighted by Crippen LogP contribution is -2.12. The molecule has 0 aliphatic carbocycles. The third-order valence-electron chi connectivity index (χ3n) is 5.87. The summed E-state index contributed by atoms with van der Waals surface area (Å²) in [6.45, 7) is 2.77. The second-order valence-corrected chi connectivity index (χ2v) is 8.76. The molecule has 7 heteroatoms. The minimum absolute atomic E-state index is 0.516. The number of hydrogen-bond acceptors (Lipinski definition) is 6. The van der Waals surface area contributed by atoms with Crippen molar-refractivity contribution in [2.75, 3.05) is 14.2 Å². The number of fused-ring (bicyclic) bond motifs is 3. The molecule has 0 unspecified atom stereocenters. The van der Waals surface area contributed by atoms with E-state index in [1.165, 1.54) is 0 Å². The average Bonchev–Trinajstić information content (AvgIpc) is 3.48. The van der Waals surface area contributed by atoms with E-state index in [-0.39, 0.29) is 0 Å². The zero-order valence-corrected chi connectivity index (χ0v) is 19.4. The van der Waals surface area contributed by atoms with Gasteiger partial charge in [-0.15, -0.1) is 16.5 Å². The molecule has 5 rings (SSSR count). The molecule has 0 fully saturated rings. The van der Waals surface area contributed by atoms with Crippen molar-refractivity contribution in [1.29, 1.82) is 5.26 Å². The van der Waals surface area contributed by atoms with Crippen molar-refractivity contribution in [3.05, 3.63) is 70.6 Å². The van der Waals surface area contributed by atoms with Gasteiger partial charge in [-0.25, -0.2) is 0 Å². The van der Waals surface area contributed by atoms with Crippen LogP contribution in [0.2, 0.25) is 0 Å². The molecular weight excluding hydrogens is 432 g/mol. The van der Waals surface area contributed by atoms with E-state index < -0.39 is 0 Å². The predicted octanol–water partition coefficient (Wildman–Crippen LogP) is 7.05. The van der Waals surface area contributed by atoms with E-state index in [0.717, 1.165) is 51.6 Å². The maximum absolute atomic E-state index is 10.3. The van der Waals surface area contributed by atoms with Gasteiger partial charge in [-0.3, -0.25) is 0 Å². The highest BCUT2D eigenvalue weighted by molar-refractivity contribution is 7.13. The molecule has 2 aromatic carbocycles. The largest absolute Gasteiger partial charge is 0.493 e. The average molecular weight is 455 g/mol. The van der Waals surface area contributed by atoms with Gasteiger partial charge in [0.15, 0.2) is 11.5 Å². The summed E-state index contributed by atoms with van der Waals surface area (Å²) in [5, 5.41) is 21.4. The number of aromatic nitrogens is 1. The van der Waals surface area contributed by atoms with Crippen molar-refractivity contribution in [3.8, 4) is 39.4 Å². The predicted molar refractivity (Wildman–Crippen MR) is 130 cm³/mol. The van der Waals surface area contributed by atoms with E-state index in [1.54, 1.807) is 25.6 Å². The van der Waals surface area contributed by atoms with Crippen LogP contribution < -0.4 is 9.47 Å². The minimum atomic E-state index is 0.516. The van der Waals surface area contributed by atoms with Crippen molar-refractivity contribution >= 4 is 22.7 Å². The number of ether oxygens (including phenoxy) is 2. The molecule has 0 bridgehead atoms. The van der Waals surface area contributed by atoms with Gasteiger partial charge < -0.3 is 14.0 Å². The Kier molecular flexibility index (Phi) is 5.45. The molecule has 3 heterocycles. The molecule has 6 nitrogen and oxygen atoms in total. The Hall–Kier alpha value is -3.89. The Morgan fingerprint density at radius 3 is 2.42 bits per heavy atom. The van der Waals surface area contributed by atoms with Crippen LogP contribution in [0.25, 0.3) is 21.8 Å². The number of methoxy groups -OCH3 is 2. The number of benzene rings is 2. The molecule has 2 aromatic heterocycles. The molecule has 0 radical (unpaired) electrons. The highest BCUT2D eigenvalue weighted by atomic mass is 32.1. The van der Waals surface area contributed by atoms with Crippen LogP contribution in [0.5, 0.6) is 11.5 Å². The van der Waals surface area contributed by atoms with Crippen LogP contribution in [-0.4, -0.2) is 18.8 Å². The quantitative estimate of drug-likeness (QED) is 0.303. The molecule has 164 valence electrons. The Labute approximate surface area is 196 Å². The number of nitrogens with zero attached hydrogens (tertiary/aromatic N) is 4. The first-order chi connectivity index (χ1) is 16.1. The molecule has 4 aromatic rings. The fraction of sp³-hybridized carbons (Fsp3) is 0.192. The summed E-state index contributed by atoms with van der Waals surface area (Å²) >= 11 is 1.63. The summed E-state index contributed by atoms with van der Waals surface area (Å²) in [7, 11) is 3.25. The fourth-order valence-electron chi connectivity index (χ4n) is 4.27.